The van der Waals surface area contributed by atoms with Crippen molar-refractivity contribution in [1.29, 1.82) is 0 Å². The number of aliphatic imine (C=N–C) groups is 1. The van der Waals surface area contributed by atoms with Gasteiger partial charge in [0, 0.05) is 55.1 Å². The van der Waals surface area contributed by atoms with E-state index in [2.05, 4.69) is 25.2 Å². The van der Waals surface area contributed by atoms with Gasteiger partial charge in [-0.3, -0.25) is 9.79 Å². The van der Waals surface area contributed by atoms with Gasteiger partial charge < -0.3 is 15.1 Å². The van der Waals surface area contributed by atoms with Crippen LogP contribution in [0, 0.1) is 0 Å². The molecule has 2 atom stereocenters. The zero-order valence-electron chi connectivity index (χ0n) is 16.7. The quantitative estimate of drug-likeness (QED) is 0.729. The molecule has 1 amide bonds. The third-order valence-electron chi connectivity index (χ3n) is 5.60. The van der Waals surface area contributed by atoms with Crippen molar-refractivity contribution < 1.29 is 13.2 Å². The summed E-state index contributed by atoms with van der Waals surface area (Å²) in [4.78, 5) is 29.8. The predicted molar refractivity (Wildman–Crippen MR) is 121 cm³/mol. The fourth-order valence-electron chi connectivity index (χ4n) is 3.98. The number of rotatable bonds is 3. The molecule has 5 rings (SSSR count). The molecule has 3 aliphatic rings. The van der Waals surface area contributed by atoms with Gasteiger partial charge in [0.25, 0.3) is 5.91 Å². The van der Waals surface area contributed by atoms with E-state index in [1.165, 1.54) is 11.8 Å². The maximum atomic E-state index is 12.9. The van der Waals surface area contributed by atoms with Crippen molar-refractivity contribution >= 4 is 44.3 Å². The van der Waals surface area contributed by atoms with Crippen molar-refractivity contribution in [1.82, 2.24) is 14.9 Å². The van der Waals surface area contributed by atoms with Crippen LogP contribution in [0.2, 0.25) is 0 Å². The van der Waals surface area contributed by atoms with E-state index in [0.717, 1.165) is 10.9 Å². The fraction of sp³-hybridized carbons (Fsp3) is 0.400. The minimum Gasteiger partial charge on any atom is -0.337 e. The summed E-state index contributed by atoms with van der Waals surface area (Å²) in [7, 11) is -2.95. The Bertz CT molecular complexity index is 1100. The first-order valence-electron chi connectivity index (χ1n) is 10.1. The van der Waals surface area contributed by atoms with E-state index in [0.29, 0.717) is 37.7 Å². The highest BCUT2D eigenvalue weighted by Gasteiger charge is 2.42. The van der Waals surface area contributed by atoms with Gasteiger partial charge in [-0.25, -0.2) is 18.4 Å². The highest BCUT2D eigenvalue weighted by Crippen LogP contribution is 2.34. The molecule has 2 aromatic rings. The van der Waals surface area contributed by atoms with E-state index < -0.39 is 9.84 Å². The van der Waals surface area contributed by atoms with Gasteiger partial charge in [-0.1, -0.05) is 11.8 Å². The number of anilines is 2. The lowest BCUT2D eigenvalue weighted by molar-refractivity contribution is 0.0746. The van der Waals surface area contributed by atoms with Crippen molar-refractivity contribution in [3.63, 3.8) is 0 Å². The Morgan fingerprint density at radius 1 is 1.03 bits per heavy atom. The van der Waals surface area contributed by atoms with Crippen LogP contribution < -0.4 is 10.2 Å². The number of fused-ring (bicyclic) bond motifs is 1. The van der Waals surface area contributed by atoms with Gasteiger partial charge in [0.2, 0.25) is 5.95 Å². The Kier molecular flexibility index (Phi) is 5.30. The second-order valence-corrected chi connectivity index (χ2v) is 11.1. The van der Waals surface area contributed by atoms with E-state index in [9.17, 15) is 13.2 Å². The number of hydrogen-bond donors (Lipinski definition) is 1. The van der Waals surface area contributed by atoms with E-state index in [1.807, 2.05) is 29.2 Å². The molecule has 0 saturated carbocycles. The molecule has 0 spiro atoms. The van der Waals surface area contributed by atoms with Crippen molar-refractivity contribution in [3.05, 3.63) is 48.3 Å². The Labute approximate surface area is 184 Å². The molecule has 31 heavy (non-hydrogen) atoms. The molecular formula is C20H22N6O3S2. The summed E-state index contributed by atoms with van der Waals surface area (Å²) in [6.45, 7) is 2.64. The molecule has 0 aliphatic carbocycles. The third-order valence-corrected chi connectivity index (χ3v) is 8.74. The molecule has 0 radical (unpaired) electrons. The zero-order valence-corrected chi connectivity index (χ0v) is 18.3. The van der Waals surface area contributed by atoms with Gasteiger partial charge in [-0.05, 0) is 30.3 Å². The monoisotopic (exact) mass is 458 g/mol. The SMILES string of the molecule is O=C(c1ccc(NC2=NC3CS(=O)(=O)CC3S2)cc1)N1CCN(c2ncccn2)CC1. The van der Waals surface area contributed by atoms with Gasteiger partial charge in [-0.2, -0.15) is 0 Å². The molecule has 4 heterocycles. The number of amidine groups is 1. The standard InChI is InChI=1S/C20H22N6O3S2/c27-18(25-8-10-26(11-9-25)19-21-6-1-7-22-19)14-2-4-15(5-3-14)23-20-24-16-12-31(28,29)13-17(16)30-20/h1-7,16-17H,8-13H2,(H,23,24). The van der Waals surface area contributed by atoms with Gasteiger partial charge in [0.05, 0.1) is 17.5 Å². The van der Waals surface area contributed by atoms with Crippen LogP contribution in [0.3, 0.4) is 0 Å². The van der Waals surface area contributed by atoms with Gasteiger partial charge in [0.1, 0.15) is 0 Å². The molecule has 1 aromatic heterocycles. The topological polar surface area (TPSA) is 108 Å². The molecule has 1 N–H and O–H groups in total. The van der Waals surface area contributed by atoms with Gasteiger partial charge in [-0.15, -0.1) is 0 Å². The molecule has 2 saturated heterocycles. The minimum atomic E-state index is -2.95. The summed E-state index contributed by atoms with van der Waals surface area (Å²) in [5, 5.41) is 3.99. The number of amides is 1. The number of carbonyl (C=O) groups excluding carboxylic acids is 1. The van der Waals surface area contributed by atoms with Gasteiger partial charge in [0.15, 0.2) is 15.0 Å². The lowest BCUT2D eigenvalue weighted by Crippen LogP contribution is -2.49. The van der Waals surface area contributed by atoms with E-state index in [1.54, 1.807) is 18.5 Å². The van der Waals surface area contributed by atoms with Crippen LogP contribution in [-0.4, -0.2) is 83.3 Å². The minimum absolute atomic E-state index is 0.00695. The van der Waals surface area contributed by atoms with Crippen LogP contribution in [-0.2, 0) is 9.84 Å². The molecule has 11 heteroatoms. The first-order valence-corrected chi connectivity index (χ1v) is 12.8. The molecule has 9 nitrogen and oxygen atoms in total. The summed E-state index contributed by atoms with van der Waals surface area (Å²) < 4.78 is 23.4. The first-order chi connectivity index (χ1) is 15.0. The van der Waals surface area contributed by atoms with Crippen LogP contribution in [0.4, 0.5) is 11.6 Å². The average Bonchev–Trinajstić information content (AvgIpc) is 3.27. The lowest BCUT2D eigenvalue weighted by atomic mass is 10.1. The number of nitrogens with one attached hydrogen (secondary N) is 1. The molecule has 2 fully saturated rings. The first kappa shape index (κ1) is 20.3. The number of aromatic nitrogens is 2. The van der Waals surface area contributed by atoms with E-state index in [4.69, 9.17) is 0 Å². The Hall–Kier alpha value is -2.66. The Morgan fingerprint density at radius 3 is 2.42 bits per heavy atom. The second kappa shape index (κ2) is 8.12. The number of carbonyl (C=O) groups is 1. The lowest BCUT2D eigenvalue weighted by Gasteiger charge is -2.34. The van der Waals surface area contributed by atoms with Crippen molar-refractivity contribution in [2.45, 2.75) is 11.3 Å². The molecule has 1 aromatic carbocycles. The normalized spacial score (nSPS) is 24.6. The van der Waals surface area contributed by atoms with E-state index in [-0.39, 0.29) is 28.7 Å². The van der Waals surface area contributed by atoms with Crippen LogP contribution >= 0.6 is 11.8 Å². The van der Waals surface area contributed by atoms with Crippen LogP contribution in [0.5, 0.6) is 0 Å². The molecule has 0 bridgehead atoms. The number of hydrogen-bond acceptors (Lipinski definition) is 9. The number of benzene rings is 1. The van der Waals surface area contributed by atoms with Gasteiger partial charge >= 0.3 is 0 Å². The smallest absolute Gasteiger partial charge is 0.253 e. The van der Waals surface area contributed by atoms with Crippen molar-refractivity contribution in [2.75, 3.05) is 47.9 Å². The maximum absolute atomic E-state index is 12.9. The third kappa shape index (κ3) is 4.38. The van der Waals surface area contributed by atoms with Crippen molar-refractivity contribution in [3.8, 4) is 0 Å². The van der Waals surface area contributed by atoms with Crippen LogP contribution in [0.15, 0.2) is 47.7 Å². The predicted octanol–water partition coefficient (Wildman–Crippen LogP) is 1.12. The molecule has 3 aliphatic heterocycles. The zero-order chi connectivity index (χ0) is 21.4. The molecular weight excluding hydrogens is 436 g/mol. The number of piperazine rings is 1. The summed E-state index contributed by atoms with van der Waals surface area (Å²) in [5.41, 5.74) is 1.47. The fourth-order valence-corrected chi connectivity index (χ4v) is 7.66. The number of thioether (sulfide) groups is 1. The molecule has 2 unspecified atom stereocenters. The Morgan fingerprint density at radius 2 is 1.74 bits per heavy atom. The van der Waals surface area contributed by atoms with Crippen LogP contribution in [0.1, 0.15) is 10.4 Å². The average molecular weight is 459 g/mol. The largest absolute Gasteiger partial charge is 0.337 e. The number of sulfone groups is 1. The summed E-state index contributed by atoms with van der Waals surface area (Å²) in [6, 6.07) is 8.96. The number of nitrogens with zero attached hydrogens (tertiary/aromatic N) is 5. The van der Waals surface area contributed by atoms with E-state index >= 15 is 0 Å². The highest BCUT2D eigenvalue weighted by molar-refractivity contribution is 8.15. The highest BCUT2D eigenvalue weighted by atomic mass is 32.2. The summed E-state index contributed by atoms with van der Waals surface area (Å²) >= 11 is 1.48. The summed E-state index contributed by atoms with van der Waals surface area (Å²) in [5.74, 6) is 1.02. The Balaban J connectivity index is 1.17. The maximum Gasteiger partial charge on any atom is 0.253 e. The van der Waals surface area contributed by atoms with Crippen molar-refractivity contribution in [2.24, 2.45) is 4.99 Å². The summed E-state index contributed by atoms with van der Waals surface area (Å²) in [6.07, 6.45) is 3.44. The second-order valence-electron chi connectivity index (χ2n) is 7.77. The van der Waals surface area contributed by atoms with Crippen LogP contribution in [0.25, 0.3) is 0 Å². The molecule has 162 valence electrons.